The summed E-state index contributed by atoms with van der Waals surface area (Å²) in [5, 5.41) is 12.0. The van der Waals surface area contributed by atoms with Gasteiger partial charge in [0.15, 0.2) is 0 Å². The van der Waals surface area contributed by atoms with E-state index in [0.29, 0.717) is 12.0 Å². The molecule has 0 bridgehead atoms. The van der Waals surface area contributed by atoms with Crippen LogP contribution in [0.5, 0.6) is 0 Å². The number of morpholine rings is 1. The van der Waals surface area contributed by atoms with E-state index < -0.39 is 0 Å². The summed E-state index contributed by atoms with van der Waals surface area (Å²) in [5.41, 5.74) is 1.44. The fourth-order valence-electron chi connectivity index (χ4n) is 4.36. The molecule has 1 aromatic carbocycles. The van der Waals surface area contributed by atoms with Crippen LogP contribution in [0.1, 0.15) is 37.7 Å². The molecule has 2 aliphatic rings. The monoisotopic (exact) mass is 330 g/mol. The fraction of sp³-hybridized carbons (Fsp3) is 0.650. The smallest absolute Gasteiger partial charge is 0.0594 e. The first-order valence-electron chi connectivity index (χ1n) is 9.40. The van der Waals surface area contributed by atoms with E-state index in [9.17, 15) is 0 Å². The second-order valence-corrected chi connectivity index (χ2v) is 7.18. The molecule has 1 saturated carbocycles. The molecule has 2 fully saturated rings. The highest BCUT2D eigenvalue weighted by molar-refractivity contribution is 5.59. The summed E-state index contributed by atoms with van der Waals surface area (Å²) < 4.78 is 5.56. The van der Waals surface area contributed by atoms with Crippen molar-refractivity contribution in [3.05, 3.63) is 35.9 Å². The van der Waals surface area contributed by atoms with Crippen LogP contribution in [-0.2, 0) is 11.2 Å². The van der Waals surface area contributed by atoms with Crippen LogP contribution in [0.25, 0.3) is 0 Å². The van der Waals surface area contributed by atoms with Crippen molar-refractivity contribution in [2.75, 3.05) is 26.3 Å². The Morgan fingerprint density at radius 3 is 2.50 bits per heavy atom. The maximum atomic E-state index is 8.76. The van der Waals surface area contributed by atoms with Crippen LogP contribution in [-0.4, -0.2) is 48.7 Å². The number of benzene rings is 1. The van der Waals surface area contributed by atoms with E-state index in [1.54, 1.807) is 6.21 Å². The van der Waals surface area contributed by atoms with Crippen molar-refractivity contribution in [2.45, 2.75) is 44.6 Å². The topological polar surface area (TPSA) is 45.1 Å². The van der Waals surface area contributed by atoms with Gasteiger partial charge in [-0.25, -0.2) is 0 Å². The second kappa shape index (κ2) is 9.19. The molecule has 24 heavy (non-hydrogen) atoms. The van der Waals surface area contributed by atoms with Crippen LogP contribution < -0.4 is 0 Å². The molecule has 4 heteroatoms. The van der Waals surface area contributed by atoms with Gasteiger partial charge in [-0.15, -0.1) is 5.16 Å². The van der Waals surface area contributed by atoms with Gasteiger partial charge in [0.05, 0.1) is 13.2 Å². The average molecular weight is 330 g/mol. The summed E-state index contributed by atoms with van der Waals surface area (Å²) in [5.74, 6) is 1.22. The highest BCUT2D eigenvalue weighted by atomic mass is 16.5. The molecule has 3 rings (SSSR count). The number of ether oxygens (including phenoxy) is 1. The SMILES string of the molecule is ON=CC1CCC(C(CCc2ccccc2)N2CCOCC2)CC1. The Labute approximate surface area is 145 Å². The van der Waals surface area contributed by atoms with Crippen LogP contribution in [0.3, 0.4) is 0 Å². The van der Waals surface area contributed by atoms with Crippen LogP contribution in [0.2, 0.25) is 0 Å². The van der Waals surface area contributed by atoms with E-state index in [2.05, 4.69) is 40.4 Å². The van der Waals surface area contributed by atoms with Gasteiger partial charge in [-0.05, 0) is 55.9 Å². The molecule has 0 radical (unpaired) electrons. The van der Waals surface area contributed by atoms with Gasteiger partial charge in [-0.1, -0.05) is 30.3 Å². The van der Waals surface area contributed by atoms with Gasteiger partial charge in [0.25, 0.3) is 0 Å². The summed E-state index contributed by atoms with van der Waals surface area (Å²) in [6, 6.07) is 11.5. The predicted molar refractivity (Wildman–Crippen MR) is 96.7 cm³/mol. The maximum Gasteiger partial charge on any atom is 0.0594 e. The first kappa shape index (κ1) is 17.4. The molecule has 1 saturated heterocycles. The van der Waals surface area contributed by atoms with Gasteiger partial charge in [0, 0.05) is 25.3 Å². The molecular formula is C20H30N2O2. The van der Waals surface area contributed by atoms with Crippen molar-refractivity contribution < 1.29 is 9.94 Å². The summed E-state index contributed by atoms with van der Waals surface area (Å²) in [6.07, 6.45) is 8.90. The van der Waals surface area contributed by atoms with Gasteiger partial charge >= 0.3 is 0 Å². The van der Waals surface area contributed by atoms with Gasteiger partial charge < -0.3 is 9.94 Å². The lowest BCUT2D eigenvalue weighted by Crippen LogP contribution is -2.48. The van der Waals surface area contributed by atoms with E-state index in [1.165, 1.54) is 24.8 Å². The van der Waals surface area contributed by atoms with Crippen molar-refractivity contribution in [1.29, 1.82) is 0 Å². The number of hydrogen-bond donors (Lipinski definition) is 1. The van der Waals surface area contributed by atoms with Crippen LogP contribution >= 0.6 is 0 Å². The molecule has 1 aliphatic heterocycles. The Kier molecular flexibility index (Phi) is 6.67. The molecule has 1 atom stereocenters. The minimum Gasteiger partial charge on any atom is -0.411 e. The van der Waals surface area contributed by atoms with E-state index in [-0.39, 0.29) is 0 Å². The lowest BCUT2D eigenvalue weighted by Gasteiger charge is -2.41. The number of nitrogens with zero attached hydrogens (tertiary/aromatic N) is 2. The number of oxime groups is 1. The standard InChI is InChI=1S/C20H30N2O2/c23-21-16-18-6-9-19(10-7-18)20(22-12-14-24-15-13-22)11-8-17-4-2-1-3-5-17/h1-5,16,18-20,23H,6-15H2. The van der Waals surface area contributed by atoms with Crippen molar-refractivity contribution in [1.82, 2.24) is 4.90 Å². The van der Waals surface area contributed by atoms with Gasteiger partial charge in [-0.3, -0.25) is 4.90 Å². The molecule has 1 aromatic rings. The number of rotatable bonds is 6. The molecule has 4 nitrogen and oxygen atoms in total. The van der Waals surface area contributed by atoms with Crippen LogP contribution in [0.4, 0.5) is 0 Å². The Balaban J connectivity index is 1.61. The molecule has 1 aliphatic carbocycles. The summed E-state index contributed by atoms with van der Waals surface area (Å²) in [7, 11) is 0. The average Bonchev–Trinajstić information content (AvgIpc) is 2.65. The van der Waals surface area contributed by atoms with E-state index >= 15 is 0 Å². The van der Waals surface area contributed by atoms with Gasteiger partial charge in [0.2, 0.25) is 0 Å². The van der Waals surface area contributed by atoms with Gasteiger partial charge in [0.1, 0.15) is 0 Å². The van der Waals surface area contributed by atoms with Crippen LogP contribution in [0.15, 0.2) is 35.5 Å². The first-order chi connectivity index (χ1) is 11.9. The van der Waals surface area contributed by atoms with Crippen molar-refractivity contribution in [3.8, 4) is 0 Å². The highest BCUT2D eigenvalue weighted by Crippen LogP contribution is 2.34. The zero-order valence-electron chi connectivity index (χ0n) is 14.5. The lowest BCUT2D eigenvalue weighted by atomic mass is 9.77. The summed E-state index contributed by atoms with van der Waals surface area (Å²) in [6.45, 7) is 3.87. The third-order valence-electron chi connectivity index (χ3n) is 5.72. The normalized spacial score (nSPS) is 27.3. The fourth-order valence-corrected chi connectivity index (χ4v) is 4.36. The van der Waals surface area contributed by atoms with Crippen molar-refractivity contribution in [3.63, 3.8) is 0 Å². The molecule has 0 spiro atoms. The summed E-state index contributed by atoms with van der Waals surface area (Å²) >= 11 is 0. The number of hydrogen-bond acceptors (Lipinski definition) is 4. The molecule has 0 aromatic heterocycles. The minimum atomic E-state index is 0.464. The molecule has 1 unspecified atom stereocenters. The van der Waals surface area contributed by atoms with E-state index in [4.69, 9.17) is 9.94 Å². The molecule has 1 heterocycles. The van der Waals surface area contributed by atoms with Crippen LogP contribution in [0, 0.1) is 11.8 Å². The molecule has 0 amide bonds. The van der Waals surface area contributed by atoms with E-state index in [1.807, 2.05) is 0 Å². The van der Waals surface area contributed by atoms with Crippen molar-refractivity contribution in [2.24, 2.45) is 17.0 Å². The summed E-state index contributed by atoms with van der Waals surface area (Å²) in [4.78, 5) is 2.66. The Bertz CT molecular complexity index is 492. The van der Waals surface area contributed by atoms with Gasteiger partial charge in [-0.2, -0.15) is 0 Å². The molecule has 1 N–H and O–H groups in total. The quantitative estimate of drug-likeness (QED) is 0.492. The molecular weight excluding hydrogens is 300 g/mol. The third kappa shape index (κ3) is 4.81. The minimum absolute atomic E-state index is 0.464. The third-order valence-corrected chi connectivity index (χ3v) is 5.72. The predicted octanol–water partition coefficient (Wildman–Crippen LogP) is 3.59. The lowest BCUT2D eigenvalue weighted by molar-refractivity contribution is -0.00542. The zero-order valence-corrected chi connectivity index (χ0v) is 14.5. The Morgan fingerprint density at radius 2 is 1.83 bits per heavy atom. The molecule has 132 valence electrons. The zero-order chi connectivity index (χ0) is 16.6. The largest absolute Gasteiger partial charge is 0.411 e. The Morgan fingerprint density at radius 1 is 1.12 bits per heavy atom. The van der Waals surface area contributed by atoms with E-state index in [0.717, 1.165) is 51.5 Å². The van der Waals surface area contributed by atoms with Crippen molar-refractivity contribution >= 4 is 6.21 Å². The number of aryl methyl sites for hydroxylation is 1. The first-order valence-corrected chi connectivity index (χ1v) is 9.40. The Hall–Kier alpha value is -1.39. The highest BCUT2D eigenvalue weighted by Gasteiger charge is 2.31. The second-order valence-electron chi connectivity index (χ2n) is 7.18. The maximum absolute atomic E-state index is 8.76.